The zero-order chi connectivity index (χ0) is 33.0. The summed E-state index contributed by atoms with van der Waals surface area (Å²) < 4.78 is 0. The molecule has 0 radical (unpaired) electrons. The fourth-order valence-electron chi connectivity index (χ4n) is 5.52. The van der Waals surface area contributed by atoms with Crippen LogP contribution in [0, 0.1) is 13.8 Å². The third-order valence-electron chi connectivity index (χ3n) is 8.16. The van der Waals surface area contributed by atoms with Crippen molar-refractivity contribution < 1.29 is 0 Å². The highest BCUT2D eigenvalue weighted by Gasteiger charge is 2.12. The first-order chi connectivity index (χ1) is 21.9. The van der Waals surface area contributed by atoms with E-state index in [1.807, 2.05) is 13.8 Å². The molecule has 0 aliphatic rings. The lowest BCUT2D eigenvalue weighted by Gasteiger charge is -2.15. The molecule has 0 aliphatic carbocycles. The SMILES string of the molecule is C=C(Nc1ccc(C)cc1C)c1ccc2nc(-c3ccc(C(CC)CCCCCCC)cc3)[nH]c2c1.CC.CCCNCCC. The van der Waals surface area contributed by atoms with Gasteiger partial charge in [0.25, 0.3) is 0 Å². The minimum atomic E-state index is 0.648. The Morgan fingerprint density at radius 1 is 0.800 bits per heavy atom. The van der Waals surface area contributed by atoms with Crippen molar-refractivity contribution in [3.63, 3.8) is 0 Å². The van der Waals surface area contributed by atoms with Crippen LogP contribution in [0.2, 0.25) is 0 Å². The van der Waals surface area contributed by atoms with Crippen LogP contribution in [-0.4, -0.2) is 23.1 Å². The lowest BCUT2D eigenvalue weighted by Crippen LogP contribution is -2.14. The topological polar surface area (TPSA) is 52.7 Å². The molecule has 1 unspecified atom stereocenters. The molecule has 246 valence electrons. The molecule has 4 rings (SSSR count). The third-order valence-corrected chi connectivity index (χ3v) is 8.16. The molecule has 1 aromatic heterocycles. The van der Waals surface area contributed by atoms with E-state index in [9.17, 15) is 0 Å². The summed E-state index contributed by atoms with van der Waals surface area (Å²) in [6, 6.07) is 21.7. The van der Waals surface area contributed by atoms with Crippen LogP contribution in [0.3, 0.4) is 0 Å². The van der Waals surface area contributed by atoms with Gasteiger partial charge in [0.05, 0.1) is 11.0 Å². The second kappa shape index (κ2) is 21.4. The lowest BCUT2D eigenvalue weighted by atomic mass is 9.90. The van der Waals surface area contributed by atoms with E-state index in [0.717, 1.165) is 39.4 Å². The molecule has 0 bridgehead atoms. The van der Waals surface area contributed by atoms with Gasteiger partial charge in [-0.05, 0) is 93.4 Å². The van der Waals surface area contributed by atoms with Crippen LogP contribution in [0.5, 0.6) is 0 Å². The van der Waals surface area contributed by atoms with Gasteiger partial charge in [-0.2, -0.15) is 0 Å². The molecule has 0 spiro atoms. The van der Waals surface area contributed by atoms with Crippen molar-refractivity contribution in [1.82, 2.24) is 15.3 Å². The van der Waals surface area contributed by atoms with Crippen molar-refractivity contribution in [3.05, 3.63) is 89.5 Å². The number of rotatable bonds is 16. The molecule has 4 aromatic rings. The van der Waals surface area contributed by atoms with E-state index < -0.39 is 0 Å². The number of anilines is 1. The summed E-state index contributed by atoms with van der Waals surface area (Å²) in [5.74, 6) is 1.56. The fraction of sp³-hybridized carbons (Fsp3) is 0.488. The first-order valence-electron chi connectivity index (χ1n) is 17.7. The molecular formula is C41H62N4. The van der Waals surface area contributed by atoms with Crippen LogP contribution >= 0.6 is 0 Å². The Hall–Kier alpha value is -3.37. The Bertz CT molecular complexity index is 1380. The first kappa shape index (κ1) is 37.8. The molecule has 0 saturated heterocycles. The molecule has 0 amide bonds. The van der Waals surface area contributed by atoms with Gasteiger partial charge >= 0.3 is 0 Å². The van der Waals surface area contributed by atoms with Crippen molar-refractivity contribution in [3.8, 4) is 11.4 Å². The molecule has 0 saturated carbocycles. The van der Waals surface area contributed by atoms with Crippen LogP contribution in [0.15, 0.2) is 67.2 Å². The van der Waals surface area contributed by atoms with Crippen LogP contribution in [0.4, 0.5) is 5.69 Å². The molecule has 4 heteroatoms. The summed E-state index contributed by atoms with van der Waals surface area (Å²) >= 11 is 0. The average Bonchev–Trinajstić information content (AvgIpc) is 3.49. The highest BCUT2D eigenvalue weighted by atomic mass is 14.9. The maximum atomic E-state index is 4.86. The second-order valence-corrected chi connectivity index (χ2v) is 11.9. The lowest BCUT2D eigenvalue weighted by molar-refractivity contribution is 0.535. The third kappa shape index (κ3) is 12.5. The predicted molar refractivity (Wildman–Crippen MR) is 201 cm³/mol. The predicted octanol–water partition coefficient (Wildman–Crippen LogP) is 12.2. The van der Waals surface area contributed by atoms with Gasteiger partial charge in [-0.1, -0.05) is 128 Å². The highest BCUT2D eigenvalue weighted by Crippen LogP contribution is 2.29. The summed E-state index contributed by atoms with van der Waals surface area (Å²) in [4.78, 5) is 8.38. The van der Waals surface area contributed by atoms with Gasteiger partial charge in [0.1, 0.15) is 5.82 Å². The highest BCUT2D eigenvalue weighted by molar-refractivity contribution is 5.86. The number of H-pyrrole nitrogens is 1. The Morgan fingerprint density at radius 3 is 2.11 bits per heavy atom. The Labute approximate surface area is 275 Å². The largest absolute Gasteiger partial charge is 0.355 e. The molecule has 3 N–H and O–H groups in total. The number of aromatic amines is 1. The second-order valence-electron chi connectivity index (χ2n) is 11.9. The van der Waals surface area contributed by atoms with E-state index in [4.69, 9.17) is 4.98 Å². The first-order valence-corrected chi connectivity index (χ1v) is 17.7. The number of benzene rings is 3. The quantitative estimate of drug-likeness (QED) is 0.111. The van der Waals surface area contributed by atoms with Gasteiger partial charge in [0.2, 0.25) is 0 Å². The Kier molecular flexibility index (Phi) is 18.0. The summed E-state index contributed by atoms with van der Waals surface area (Å²) in [6.45, 7) is 23.8. The van der Waals surface area contributed by atoms with E-state index in [1.54, 1.807) is 0 Å². The Morgan fingerprint density at radius 2 is 1.49 bits per heavy atom. The van der Waals surface area contributed by atoms with Gasteiger partial charge in [-0.25, -0.2) is 4.98 Å². The van der Waals surface area contributed by atoms with E-state index in [-0.39, 0.29) is 0 Å². The van der Waals surface area contributed by atoms with Crippen LogP contribution in [-0.2, 0) is 0 Å². The number of unbranched alkanes of at least 4 members (excludes halogenated alkanes) is 4. The number of aromatic nitrogens is 2. The van der Waals surface area contributed by atoms with Crippen molar-refractivity contribution in [2.24, 2.45) is 0 Å². The minimum absolute atomic E-state index is 0.648. The number of fused-ring (bicyclic) bond motifs is 1. The van der Waals surface area contributed by atoms with Crippen molar-refractivity contribution in [1.29, 1.82) is 0 Å². The van der Waals surface area contributed by atoms with Gasteiger partial charge < -0.3 is 15.6 Å². The van der Waals surface area contributed by atoms with Gasteiger partial charge in [0, 0.05) is 16.9 Å². The van der Waals surface area contributed by atoms with E-state index >= 15 is 0 Å². The maximum absolute atomic E-state index is 4.86. The summed E-state index contributed by atoms with van der Waals surface area (Å²) in [5.41, 5.74) is 10.1. The minimum Gasteiger partial charge on any atom is -0.355 e. The monoisotopic (exact) mass is 610 g/mol. The molecule has 0 aliphatic heterocycles. The summed E-state index contributed by atoms with van der Waals surface area (Å²) in [5, 5.41) is 6.76. The Balaban J connectivity index is 0.000000692. The van der Waals surface area contributed by atoms with Crippen molar-refractivity contribution in [2.45, 2.75) is 119 Å². The van der Waals surface area contributed by atoms with Crippen molar-refractivity contribution in [2.75, 3.05) is 18.4 Å². The normalized spacial score (nSPS) is 11.3. The van der Waals surface area contributed by atoms with Crippen molar-refractivity contribution >= 4 is 22.4 Å². The van der Waals surface area contributed by atoms with E-state index in [2.05, 4.69) is 124 Å². The smallest absolute Gasteiger partial charge is 0.138 e. The zero-order valence-electron chi connectivity index (χ0n) is 29.8. The number of nitrogens with one attached hydrogen (secondary N) is 3. The molecule has 1 atom stereocenters. The molecule has 4 nitrogen and oxygen atoms in total. The average molecular weight is 611 g/mol. The number of hydrogen-bond donors (Lipinski definition) is 3. The number of aryl methyl sites for hydroxylation is 2. The van der Waals surface area contributed by atoms with Gasteiger partial charge in [-0.15, -0.1) is 0 Å². The maximum Gasteiger partial charge on any atom is 0.138 e. The van der Waals surface area contributed by atoms with Crippen LogP contribution < -0.4 is 10.6 Å². The van der Waals surface area contributed by atoms with Gasteiger partial charge in [-0.3, -0.25) is 0 Å². The van der Waals surface area contributed by atoms with E-state index in [0.29, 0.717) is 5.92 Å². The number of hydrogen-bond acceptors (Lipinski definition) is 3. The van der Waals surface area contributed by atoms with Crippen LogP contribution in [0.1, 0.15) is 128 Å². The zero-order valence-corrected chi connectivity index (χ0v) is 29.8. The molecular weight excluding hydrogens is 548 g/mol. The standard InChI is InChI=1S/C33H41N3.C6H15N.C2H6/c1-6-8-9-10-11-12-26(7-2)27-14-16-28(17-15-27)33-35-31-20-18-29(22-32(31)36-33)25(5)34-30-19-13-23(3)21-24(30)4;1-3-5-7-6-4-2;1-2/h13-22,26,34H,5-12H2,1-4H3,(H,35,36);7H,3-6H2,1-2H3;1-2H3. The fourth-order valence-corrected chi connectivity index (χ4v) is 5.52. The molecule has 1 heterocycles. The molecule has 3 aromatic carbocycles. The summed E-state index contributed by atoms with van der Waals surface area (Å²) in [6.07, 6.45) is 11.7. The summed E-state index contributed by atoms with van der Waals surface area (Å²) in [7, 11) is 0. The van der Waals surface area contributed by atoms with E-state index in [1.165, 1.54) is 87.6 Å². The van der Waals surface area contributed by atoms with Gasteiger partial charge in [0.15, 0.2) is 0 Å². The number of nitrogens with zero attached hydrogens (tertiary/aromatic N) is 1. The number of imidazole rings is 1. The molecule has 45 heavy (non-hydrogen) atoms. The molecule has 0 fully saturated rings. The van der Waals surface area contributed by atoms with Crippen LogP contribution in [0.25, 0.3) is 28.1 Å².